The van der Waals surface area contributed by atoms with Crippen LogP contribution >= 0.6 is 0 Å². The Morgan fingerprint density at radius 2 is 1.13 bits per heavy atom. The van der Waals surface area contributed by atoms with Crippen LogP contribution in [0.15, 0.2) is 133 Å². The fourth-order valence-electron chi connectivity index (χ4n) is 6.59. The molecule has 1 aliphatic carbocycles. The molecule has 0 radical (unpaired) electrons. The molecule has 0 amide bonds. The molecule has 0 unspecified atom stereocenters. The second kappa shape index (κ2) is 10.4. The summed E-state index contributed by atoms with van der Waals surface area (Å²) in [7, 11) is 0. The summed E-state index contributed by atoms with van der Waals surface area (Å²) in [6.07, 6.45) is 0. The molecule has 212 valence electrons. The van der Waals surface area contributed by atoms with Crippen molar-refractivity contribution in [3.8, 4) is 62.5 Å². The zero-order valence-corrected chi connectivity index (χ0v) is 25.0. The van der Waals surface area contributed by atoms with E-state index >= 15 is 0 Å². The van der Waals surface area contributed by atoms with E-state index < -0.39 is 0 Å². The Kier molecular flexibility index (Phi) is 6.15. The van der Waals surface area contributed by atoms with Crippen LogP contribution in [0.25, 0.3) is 67.2 Å². The molecule has 4 heteroatoms. The first-order valence-corrected chi connectivity index (χ1v) is 15.1. The van der Waals surface area contributed by atoms with Gasteiger partial charge in [-0.15, -0.1) is 0 Å². The molecule has 0 saturated carbocycles. The molecule has 0 atom stereocenters. The smallest absolute Gasteiger partial charge is 0.164 e. The van der Waals surface area contributed by atoms with E-state index in [9.17, 15) is 5.26 Å². The van der Waals surface area contributed by atoms with E-state index in [0.717, 1.165) is 33.2 Å². The van der Waals surface area contributed by atoms with Crippen LogP contribution in [0.3, 0.4) is 0 Å². The quantitative estimate of drug-likeness (QED) is 0.209. The second-order valence-corrected chi connectivity index (χ2v) is 12.0. The Morgan fingerprint density at radius 1 is 0.467 bits per heavy atom. The van der Waals surface area contributed by atoms with Gasteiger partial charge in [-0.25, -0.2) is 15.0 Å². The first-order chi connectivity index (χ1) is 22.0. The van der Waals surface area contributed by atoms with E-state index in [1.807, 2.05) is 48.5 Å². The third kappa shape index (κ3) is 4.49. The Bertz CT molecular complexity index is 2310. The van der Waals surface area contributed by atoms with Crippen LogP contribution in [-0.4, -0.2) is 15.0 Å². The highest BCUT2D eigenvalue weighted by Crippen LogP contribution is 2.50. The highest BCUT2D eigenvalue weighted by molar-refractivity contribution is 5.89. The lowest BCUT2D eigenvalue weighted by molar-refractivity contribution is 0.660. The molecular weight excluding hydrogens is 548 g/mol. The van der Waals surface area contributed by atoms with Gasteiger partial charge in [0.15, 0.2) is 17.5 Å². The maximum atomic E-state index is 9.55. The number of rotatable bonds is 4. The predicted octanol–water partition coefficient (Wildman–Crippen LogP) is 9.87. The molecular formula is C41H28N4. The van der Waals surface area contributed by atoms with E-state index in [-0.39, 0.29) is 5.41 Å². The van der Waals surface area contributed by atoms with Crippen LogP contribution < -0.4 is 0 Å². The van der Waals surface area contributed by atoms with Crippen molar-refractivity contribution in [1.29, 1.82) is 5.26 Å². The molecule has 1 heterocycles. The molecule has 0 fully saturated rings. The van der Waals surface area contributed by atoms with Crippen molar-refractivity contribution in [2.45, 2.75) is 19.3 Å². The maximum absolute atomic E-state index is 9.55. The lowest BCUT2D eigenvalue weighted by atomic mass is 9.81. The normalized spacial score (nSPS) is 12.8. The molecule has 1 aliphatic rings. The zero-order chi connectivity index (χ0) is 30.5. The highest BCUT2D eigenvalue weighted by Gasteiger charge is 2.35. The topological polar surface area (TPSA) is 62.5 Å². The first kappa shape index (κ1) is 26.7. The van der Waals surface area contributed by atoms with Gasteiger partial charge in [-0.1, -0.05) is 123 Å². The van der Waals surface area contributed by atoms with E-state index in [1.54, 1.807) is 0 Å². The summed E-state index contributed by atoms with van der Waals surface area (Å²) in [5, 5.41) is 11.9. The van der Waals surface area contributed by atoms with E-state index in [1.165, 1.54) is 27.6 Å². The Morgan fingerprint density at radius 3 is 1.93 bits per heavy atom. The summed E-state index contributed by atoms with van der Waals surface area (Å²) in [6.45, 7) is 4.47. The van der Waals surface area contributed by atoms with Gasteiger partial charge < -0.3 is 0 Å². The lowest BCUT2D eigenvalue weighted by Gasteiger charge is -2.21. The minimum atomic E-state index is -0.191. The van der Waals surface area contributed by atoms with Crippen molar-refractivity contribution in [1.82, 2.24) is 15.0 Å². The van der Waals surface area contributed by atoms with Gasteiger partial charge in [0, 0.05) is 22.1 Å². The van der Waals surface area contributed by atoms with Crippen LogP contribution in [0.2, 0.25) is 0 Å². The lowest BCUT2D eigenvalue weighted by Crippen LogP contribution is -2.15. The van der Waals surface area contributed by atoms with E-state index in [2.05, 4.69) is 105 Å². The van der Waals surface area contributed by atoms with Crippen molar-refractivity contribution >= 4 is 10.8 Å². The Hall–Kier alpha value is -5.92. The molecule has 8 rings (SSSR count). The van der Waals surface area contributed by atoms with Crippen molar-refractivity contribution in [3.63, 3.8) is 0 Å². The minimum Gasteiger partial charge on any atom is -0.208 e. The van der Waals surface area contributed by atoms with Crippen molar-refractivity contribution in [2.24, 2.45) is 0 Å². The van der Waals surface area contributed by atoms with Gasteiger partial charge in [-0.05, 0) is 68.4 Å². The van der Waals surface area contributed by atoms with Crippen LogP contribution in [0, 0.1) is 11.3 Å². The number of fused-ring (bicyclic) bond motifs is 4. The average Bonchev–Trinajstić information content (AvgIpc) is 3.33. The fourth-order valence-corrected chi connectivity index (χ4v) is 6.59. The zero-order valence-electron chi connectivity index (χ0n) is 25.0. The molecule has 0 aliphatic heterocycles. The predicted molar refractivity (Wildman–Crippen MR) is 181 cm³/mol. The van der Waals surface area contributed by atoms with Gasteiger partial charge in [0.25, 0.3) is 0 Å². The maximum Gasteiger partial charge on any atom is 0.164 e. The third-order valence-electron chi connectivity index (χ3n) is 8.96. The van der Waals surface area contributed by atoms with Crippen LogP contribution in [0.5, 0.6) is 0 Å². The van der Waals surface area contributed by atoms with Gasteiger partial charge in [0.2, 0.25) is 0 Å². The summed E-state index contributed by atoms with van der Waals surface area (Å²) in [6, 6.07) is 48.1. The number of hydrogen-bond acceptors (Lipinski definition) is 4. The van der Waals surface area contributed by atoms with Crippen LogP contribution in [0.4, 0.5) is 0 Å². The highest BCUT2D eigenvalue weighted by atomic mass is 15.0. The summed E-state index contributed by atoms with van der Waals surface area (Å²) in [4.78, 5) is 15.1. The second-order valence-electron chi connectivity index (χ2n) is 12.0. The number of nitrogens with zero attached hydrogens (tertiary/aromatic N) is 4. The van der Waals surface area contributed by atoms with Crippen LogP contribution in [-0.2, 0) is 5.41 Å². The van der Waals surface area contributed by atoms with Crippen LogP contribution in [0.1, 0.15) is 30.5 Å². The van der Waals surface area contributed by atoms with Gasteiger partial charge in [-0.2, -0.15) is 5.26 Å². The van der Waals surface area contributed by atoms with Crippen molar-refractivity contribution in [2.75, 3.05) is 0 Å². The average molecular weight is 577 g/mol. The minimum absolute atomic E-state index is 0.191. The van der Waals surface area contributed by atoms with Gasteiger partial charge >= 0.3 is 0 Å². The summed E-state index contributed by atoms with van der Waals surface area (Å²) in [5.41, 5.74) is 10.3. The number of benzene rings is 6. The monoisotopic (exact) mass is 576 g/mol. The molecule has 0 saturated heterocycles. The largest absolute Gasteiger partial charge is 0.208 e. The third-order valence-corrected chi connectivity index (χ3v) is 8.96. The van der Waals surface area contributed by atoms with E-state index in [0.29, 0.717) is 23.0 Å². The number of aromatic nitrogens is 3. The summed E-state index contributed by atoms with van der Waals surface area (Å²) in [5.74, 6) is 1.90. The Balaban J connectivity index is 1.30. The SMILES string of the molecule is CC1(C)c2ccc(-c3ccccc3-c3nc(-c4ccccc4)nc(-c4ccc5ccccc5c4)n3)cc2-c2ccc(C#N)cc21. The Labute approximate surface area is 262 Å². The number of hydrogen-bond donors (Lipinski definition) is 0. The van der Waals surface area contributed by atoms with Gasteiger partial charge in [-0.3, -0.25) is 0 Å². The molecule has 6 aromatic carbocycles. The standard InChI is InChI=1S/C41H28N4/c1-41(2)36-21-19-30(24-35(36)33-20-16-26(25-42)22-37(33)41)32-14-8-9-15-34(32)40-44-38(28-11-4-3-5-12-28)43-39(45-40)31-18-17-27-10-6-7-13-29(27)23-31/h3-24H,1-2H3. The molecule has 1 aromatic heterocycles. The summed E-state index contributed by atoms with van der Waals surface area (Å²) >= 11 is 0. The molecule has 0 spiro atoms. The first-order valence-electron chi connectivity index (χ1n) is 15.1. The molecule has 0 N–H and O–H groups in total. The molecule has 4 nitrogen and oxygen atoms in total. The molecule has 45 heavy (non-hydrogen) atoms. The van der Waals surface area contributed by atoms with Crippen molar-refractivity contribution < 1.29 is 0 Å². The van der Waals surface area contributed by atoms with E-state index in [4.69, 9.17) is 15.0 Å². The fraction of sp³-hybridized carbons (Fsp3) is 0.0732. The molecule has 7 aromatic rings. The van der Waals surface area contributed by atoms with Gasteiger partial charge in [0.1, 0.15) is 0 Å². The van der Waals surface area contributed by atoms with Gasteiger partial charge in [0.05, 0.1) is 11.6 Å². The number of nitriles is 1. The molecule has 0 bridgehead atoms. The summed E-state index contributed by atoms with van der Waals surface area (Å²) < 4.78 is 0. The van der Waals surface area contributed by atoms with Crippen molar-refractivity contribution in [3.05, 3.63) is 150 Å².